The third-order valence-electron chi connectivity index (χ3n) is 4.73. The fourth-order valence-electron chi connectivity index (χ4n) is 3.15. The summed E-state index contributed by atoms with van der Waals surface area (Å²) < 4.78 is 14.1. The van der Waals surface area contributed by atoms with E-state index in [1.807, 2.05) is 13.1 Å². The molecule has 0 N–H and O–H groups in total. The molecule has 1 saturated carbocycles. The van der Waals surface area contributed by atoms with E-state index >= 15 is 0 Å². The molecule has 0 bridgehead atoms. The van der Waals surface area contributed by atoms with Gasteiger partial charge in [-0.05, 0) is 31.4 Å². The van der Waals surface area contributed by atoms with Gasteiger partial charge in [0.15, 0.2) is 0 Å². The summed E-state index contributed by atoms with van der Waals surface area (Å²) >= 11 is 6.29. The van der Waals surface area contributed by atoms with Crippen LogP contribution < -0.4 is 0 Å². The molecule has 3 nitrogen and oxygen atoms in total. The third-order valence-corrected chi connectivity index (χ3v) is 5.26. The quantitative estimate of drug-likeness (QED) is 0.850. The molecular formula is C18H19ClFN3. The minimum absolute atomic E-state index is 0.230. The Morgan fingerprint density at radius 1 is 1.35 bits per heavy atom. The summed E-state index contributed by atoms with van der Waals surface area (Å²) in [6.07, 6.45) is 5.28. The van der Waals surface area contributed by atoms with Crippen LogP contribution >= 0.6 is 11.6 Å². The number of hydrogen-bond acceptors (Lipinski definition) is 3. The van der Waals surface area contributed by atoms with Gasteiger partial charge >= 0.3 is 0 Å². The number of fused-ring (bicyclic) bond motifs is 1. The van der Waals surface area contributed by atoms with E-state index in [1.54, 1.807) is 6.07 Å². The molecule has 0 radical (unpaired) electrons. The Morgan fingerprint density at radius 3 is 2.96 bits per heavy atom. The number of nitrogens with zero attached hydrogens (tertiary/aromatic N) is 3. The summed E-state index contributed by atoms with van der Waals surface area (Å²) in [5.41, 5.74) is 3.82. The van der Waals surface area contributed by atoms with Gasteiger partial charge in [0, 0.05) is 55.0 Å². The Morgan fingerprint density at radius 2 is 2.17 bits per heavy atom. The molecule has 1 aliphatic carbocycles. The lowest BCUT2D eigenvalue weighted by molar-refractivity contribution is 0.239. The van der Waals surface area contributed by atoms with E-state index in [0.29, 0.717) is 23.0 Å². The molecule has 120 valence electrons. The van der Waals surface area contributed by atoms with Crippen LogP contribution in [-0.2, 0) is 19.5 Å². The SMILES string of the molecule is Cc1ccc(F)c(CN2CCc3nc(C4CC4)ncc3C2)c1Cl. The first-order valence-electron chi connectivity index (χ1n) is 8.12. The maximum absolute atomic E-state index is 14.1. The van der Waals surface area contributed by atoms with E-state index < -0.39 is 0 Å². The molecule has 1 aromatic carbocycles. The summed E-state index contributed by atoms with van der Waals surface area (Å²) in [6.45, 7) is 4.06. The van der Waals surface area contributed by atoms with Crippen molar-refractivity contribution < 1.29 is 4.39 Å². The van der Waals surface area contributed by atoms with Crippen molar-refractivity contribution in [2.75, 3.05) is 6.54 Å². The molecule has 4 rings (SSSR count). The Bertz CT molecular complexity index is 758. The minimum atomic E-state index is -0.230. The van der Waals surface area contributed by atoms with Crippen LogP contribution in [0.15, 0.2) is 18.3 Å². The molecule has 0 unspecified atom stereocenters. The average Bonchev–Trinajstić information content (AvgIpc) is 3.39. The molecule has 5 heteroatoms. The number of rotatable bonds is 3. The molecule has 0 atom stereocenters. The second-order valence-electron chi connectivity index (χ2n) is 6.59. The number of halogens is 2. The lowest BCUT2D eigenvalue weighted by atomic mass is 10.0. The summed E-state index contributed by atoms with van der Waals surface area (Å²) in [6, 6.07) is 3.22. The highest BCUT2D eigenvalue weighted by molar-refractivity contribution is 6.32. The Balaban J connectivity index is 1.53. The first kappa shape index (κ1) is 15.0. The fraction of sp³-hybridized carbons (Fsp3) is 0.444. The smallest absolute Gasteiger partial charge is 0.131 e. The normalized spacial score (nSPS) is 18.0. The van der Waals surface area contributed by atoms with Gasteiger partial charge in [0.2, 0.25) is 0 Å². The predicted molar refractivity (Wildman–Crippen MR) is 88.0 cm³/mol. The maximum Gasteiger partial charge on any atom is 0.131 e. The van der Waals surface area contributed by atoms with Crippen LogP contribution in [0.2, 0.25) is 5.02 Å². The van der Waals surface area contributed by atoms with Gasteiger partial charge in [-0.1, -0.05) is 17.7 Å². The predicted octanol–water partition coefficient (Wildman–Crippen LogP) is 4.01. The highest BCUT2D eigenvalue weighted by Gasteiger charge is 2.28. The van der Waals surface area contributed by atoms with E-state index in [4.69, 9.17) is 16.6 Å². The van der Waals surface area contributed by atoms with Gasteiger partial charge in [0.05, 0.1) is 5.02 Å². The number of benzene rings is 1. The van der Waals surface area contributed by atoms with Crippen molar-refractivity contribution in [3.63, 3.8) is 0 Å². The molecule has 1 aromatic heterocycles. The number of aryl methyl sites for hydroxylation is 1. The Labute approximate surface area is 140 Å². The topological polar surface area (TPSA) is 29.0 Å². The molecule has 1 fully saturated rings. The molecule has 1 aliphatic heterocycles. The van der Waals surface area contributed by atoms with Crippen LogP contribution in [0.25, 0.3) is 0 Å². The van der Waals surface area contributed by atoms with Gasteiger partial charge in [-0.25, -0.2) is 14.4 Å². The summed E-state index contributed by atoms with van der Waals surface area (Å²) in [5, 5.41) is 0.538. The lowest BCUT2D eigenvalue weighted by Crippen LogP contribution is -2.31. The van der Waals surface area contributed by atoms with Crippen molar-refractivity contribution in [1.29, 1.82) is 0 Å². The van der Waals surface area contributed by atoms with Crippen molar-refractivity contribution in [1.82, 2.24) is 14.9 Å². The summed E-state index contributed by atoms with van der Waals surface area (Å²) in [4.78, 5) is 11.4. The molecule has 2 aromatic rings. The molecule has 2 heterocycles. The Hall–Kier alpha value is -1.52. The molecule has 0 amide bonds. The van der Waals surface area contributed by atoms with Crippen molar-refractivity contribution >= 4 is 11.6 Å². The minimum Gasteiger partial charge on any atom is -0.294 e. The third kappa shape index (κ3) is 2.98. The van der Waals surface area contributed by atoms with Gasteiger partial charge in [-0.15, -0.1) is 0 Å². The van der Waals surface area contributed by atoms with Gasteiger partial charge in [-0.3, -0.25) is 4.90 Å². The summed E-state index contributed by atoms with van der Waals surface area (Å²) in [5.74, 6) is 1.36. The van der Waals surface area contributed by atoms with E-state index in [0.717, 1.165) is 42.2 Å². The molecular weight excluding hydrogens is 313 g/mol. The summed E-state index contributed by atoms with van der Waals surface area (Å²) in [7, 11) is 0. The lowest BCUT2D eigenvalue weighted by Gasteiger charge is -2.28. The van der Waals surface area contributed by atoms with Gasteiger partial charge in [-0.2, -0.15) is 0 Å². The van der Waals surface area contributed by atoms with Gasteiger partial charge < -0.3 is 0 Å². The second-order valence-corrected chi connectivity index (χ2v) is 6.97. The molecule has 0 spiro atoms. The zero-order valence-corrected chi connectivity index (χ0v) is 13.9. The first-order chi connectivity index (χ1) is 11.1. The molecule has 0 saturated heterocycles. The van der Waals surface area contributed by atoms with Crippen molar-refractivity contribution in [3.05, 3.63) is 57.4 Å². The van der Waals surface area contributed by atoms with Crippen molar-refractivity contribution in [3.8, 4) is 0 Å². The number of hydrogen-bond donors (Lipinski definition) is 0. The maximum atomic E-state index is 14.1. The van der Waals surface area contributed by atoms with Crippen LogP contribution in [0.4, 0.5) is 4.39 Å². The molecule has 23 heavy (non-hydrogen) atoms. The van der Waals surface area contributed by atoms with Crippen LogP contribution in [-0.4, -0.2) is 21.4 Å². The fourth-order valence-corrected chi connectivity index (χ4v) is 3.36. The second kappa shape index (κ2) is 5.84. The molecule has 2 aliphatic rings. The van der Waals surface area contributed by atoms with Gasteiger partial charge in [0.25, 0.3) is 0 Å². The monoisotopic (exact) mass is 331 g/mol. The van der Waals surface area contributed by atoms with Crippen LogP contribution in [0, 0.1) is 12.7 Å². The zero-order valence-electron chi connectivity index (χ0n) is 13.1. The van der Waals surface area contributed by atoms with Gasteiger partial charge in [0.1, 0.15) is 11.6 Å². The highest BCUT2D eigenvalue weighted by Crippen LogP contribution is 2.38. The zero-order chi connectivity index (χ0) is 16.0. The first-order valence-corrected chi connectivity index (χ1v) is 8.50. The van der Waals surface area contributed by atoms with Crippen LogP contribution in [0.5, 0.6) is 0 Å². The van der Waals surface area contributed by atoms with E-state index in [-0.39, 0.29) is 5.82 Å². The van der Waals surface area contributed by atoms with Crippen LogP contribution in [0.3, 0.4) is 0 Å². The standard InChI is InChI=1S/C18H19ClFN3/c1-11-2-5-15(20)14(17(11)19)10-23-7-6-16-13(9-23)8-21-18(22-16)12-3-4-12/h2,5,8,12H,3-4,6-7,9-10H2,1H3. The van der Waals surface area contributed by atoms with Crippen molar-refractivity contribution in [2.24, 2.45) is 0 Å². The van der Waals surface area contributed by atoms with E-state index in [1.165, 1.54) is 18.9 Å². The van der Waals surface area contributed by atoms with E-state index in [2.05, 4.69) is 9.88 Å². The largest absolute Gasteiger partial charge is 0.294 e. The highest BCUT2D eigenvalue weighted by atomic mass is 35.5. The average molecular weight is 332 g/mol. The van der Waals surface area contributed by atoms with Crippen molar-refractivity contribution in [2.45, 2.75) is 45.2 Å². The van der Waals surface area contributed by atoms with Crippen LogP contribution in [0.1, 0.15) is 47.0 Å². The number of aromatic nitrogens is 2. The van der Waals surface area contributed by atoms with E-state index in [9.17, 15) is 4.39 Å². The Kier molecular flexibility index (Phi) is 3.82.